The van der Waals surface area contributed by atoms with Crippen LogP contribution in [-0.4, -0.2) is 42.6 Å². The van der Waals surface area contributed by atoms with Crippen LogP contribution in [0.15, 0.2) is 24.5 Å². The van der Waals surface area contributed by atoms with Crippen molar-refractivity contribution in [3.05, 3.63) is 24.5 Å². The highest BCUT2D eigenvalue weighted by Gasteiger charge is 2.51. The van der Waals surface area contributed by atoms with Crippen molar-refractivity contribution in [2.45, 2.75) is 71.3 Å². The van der Waals surface area contributed by atoms with Crippen LogP contribution in [0.3, 0.4) is 0 Å². The molecule has 1 aliphatic rings. The van der Waals surface area contributed by atoms with Crippen LogP contribution in [0.25, 0.3) is 11.0 Å². The van der Waals surface area contributed by atoms with Gasteiger partial charge in [-0.25, -0.2) is 4.98 Å². The van der Waals surface area contributed by atoms with Crippen molar-refractivity contribution in [2.75, 3.05) is 6.61 Å². The summed E-state index contributed by atoms with van der Waals surface area (Å²) in [5.41, 5.74) is 1.19. The molecule has 1 aliphatic heterocycles. The molecular weight excluding hydrogens is 343 g/mol. The molecule has 0 radical (unpaired) electrons. The molecule has 7 heteroatoms. The fourth-order valence-electron chi connectivity index (χ4n) is 2.85. The third-order valence-corrected chi connectivity index (χ3v) is 7.08. The lowest BCUT2D eigenvalue weighted by Crippen LogP contribution is -2.41. The summed E-state index contributed by atoms with van der Waals surface area (Å²) in [6, 6.07) is 5.34. The minimum absolute atomic E-state index is 0.344. The second kappa shape index (κ2) is 6.78. The molecule has 0 aromatic carbocycles. The van der Waals surface area contributed by atoms with E-state index in [1.165, 1.54) is 6.04 Å². The fraction of sp³-hybridized carbons (Fsp3) is 0.632. The fourth-order valence-corrected chi connectivity index (χ4v) is 3.61. The highest BCUT2D eigenvalue weighted by atomic mass is 28.3. The van der Waals surface area contributed by atoms with Gasteiger partial charge in [-0.2, -0.15) is 0 Å². The van der Waals surface area contributed by atoms with Gasteiger partial charge >= 0.3 is 7.12 Å². The summed E-state index contributed by atoms with van der Waals surface area (Å²) in [5, 5.41) is 1.08. The van der Waals surface area contributed by atoms with Crippen molar-refractivity contribution >= 4 is 31.7 Å². The van der Waals surface area contributed by atoms with Crippen molar-refractivity contribution in [2.24, 2.45) is 0 Å². The van der Waals surface area contributed by atoms with E-state index in [4.69, 9.17) is 14.0 Å². The van der Waals surface area contributed by atoms with Gasteiger partial charge in [0.2, 0.25) is 0 Å². The van der Waals surface area contributed by atoms with Crippen LogP contribution in [0, 0.1) is 0 Å². The molecule has 26 heavy (non-hydrogen) atoms. The van der Waals surface area contributed by atoms with Crippen LogP contribution < -0.4 is 5.46 Å². The lowest BCUT2D eigenvalue weighted by molar-refractivity contribution is 0.00578. The Morgan fingerprint density at radius 3 is 2.42 bits per heavy atom. The van der Waals surface area contributed by atoms with Crippen LogP contribution in [-0.2, 0) is 20.8 Å². The van der Waals surface area contributed by atoms with Crippen LogP contribution in [0.5, 0.6) is 0 Å². The molecule has 2 aromatic heterocycles. The number of pyridine rings is 1. The van der Waals surface area contributed by atoms with Crippen molar-refractivity contribution in [1.29, 1.82) is 0 Å². The second-order valence-electron chi connectivity index (χ2n) is 9.40. The Morgan fingerprint density at radius 1 is 1.15 bits per heavy atom. The molecule has 1 fully saturated rings. The van der Waals surface area contributed by atoms with Gasteiger partial charge in [-0.15, -0.1) is 0 Å². The summed E-state index contributed by atoms with van der Waals surface area (Å²) in [6.45, 7) is 16.7. The van der Waals surface area contributed by atoms with Gasteiger partial charge in [0, 0.05) is 37.9 Å². The van der Waals surface area contributed by atoms with Gasteiger partial charge in [-0.3, -0.25) is 0 Å². The predicted octanol–water partition coefficient (Wildman–Crippen LogP) is 3.65. The quantitative estimate of drug-likeness (QED) is 0.572. The number of ether oxygens (including phenoxy) is 1. The van der Waals surface area contributed by atoms with Crippen LogP contribution in [0.1, 0.15) is 27.7 Å². The molecule has 0 saturated carbocycles. The van der Waals surface area contributed by atoms with E-state index in [1.54, 1.807) is 0 Å². The maximum atomic E-state index is 6.13. The first-order chi connectivity index (χ1) is 12.0. The Bertz CT molecular complexity index is 767. The van der Waals surface area contributed by atoms with Crippen LogP contribution in [0.4, 0.5) is 0 Å². The first-order valence-electron chi connectivity index (χ1n) is 9.37. The van der Waals surface area contributed by atoms with E-state index in [-0.39, 0.29) is 18.3 Å². The molecule has 1 saturated heterocycles. The highest BCUT2D eigenvalue weighted by molar-refractivity contribution is 6.76. The van der Waals surface area contributed by atoms with Gasteiger partial charge in [-0.1, -0.05) is 19.6 Å². The van der Waals surface area contributed by atoms with E-state index >= 15 is 0 Å². The topological polar surface area (TPSA) is 45.5 Å². The maximum absolute atomic E-state index is 6.13. The van der Waals surface area contributed by atoms with Crippen LogP contribution >= 0.6 is 0 Å². The highest BCUT2D eigenvalue weighted by Crippen LogP contribution is 2.36. The molecule has 0 spiro atoms. The summed E-state index contributed by atoms with van der Waals surface area (Å²) in [4.78, 5) is 4.64. The van der Waals surface area contributed by atoms with Crippen LogP contribution in [0.2, 0.25) is 25.7 Å². The number of fused-ring (bicyclic) bond motifs is 1. The molecule has 0 atom stereocenters. The molecular formula is C19H31BN2O3Si. The summed E-state index contributed by atoms with van der Waals surface area (Å²) in [5.74, 6) is 0. The molecule has 0 unspecified atom stereocenters. The summed E-state index contributed by atoms with van der Waals surface area (Å²) >= 11 is 0. The van der Waals surface area contributed by atoms with Gasteiger partial charge in [0.1, 0.15) is 12.4 Å². The summed E-state index contributed by atoms with van der Waals surface area (Å²) < 4.78 is 20.2. The lowest BCUT2D eigenvalue weighted by Gasteiger charge is -2.32. The van der Waals surface area contributed by atoms with Crippen molar-refractivity contribution < 1.29 is 14.0 Å². The van der Waals surface area contributed by atoms with Gasteiger partial charge in [0.25, 0.3) is 0 Å². The zero-order valence-corrected chi connectivity index (χ0v) is 18.1. The predicted molar refractivity (Wildman–Crippen MR) is 110 cm³/mol. The largest absolute Gasteiger partial charge is 0.496 e. The Hall–Kier alpha value is -1.15. The number of hydrogen-bond acceptors (Lipinski definition) is 4. The Morgan fingerprint density at radius 2 is 1.81 bits per heavy atom. The minimum atomic E-state index is -1.06. The summed E-state index contributed by atoms with van der Waals surface area (Å²) in [7, 11) is -1.44. The van der Waals surface area contributed by atoms with E-state index in [2.05, 4.69) is 64.5 Å². The third-order valence-electron chi connectivity index (χ3n) is 5.37. The zero-order valence-electron chi connectivity index (χ0n) is 17.1. The third kappa shape index (κ3) is 4.06. The van der Waals surface area contributed by atoms with Gasteiger partial charge in [0.15, 0.2) is 0 Å². The van der Waals surface area contributed by atoms with E-state index in [1.807, 2.05) is 17.0 Å². The normalized spacial score (nSPS) is 19.4. The Balaban J connectivity index is 1.70. The molecule has 2 aromatic rings. The standard InChI is InChI=1S/C19H31BN2O3Si/c1-18(2)19(3,4)25-20(24-18)16-12-15-8-9-22(17(15)21-13-16)14-23-10-11-26(5,6)7/h8-9,12-13H,10-11,14H2,1-7H3. The maximum Gasteiger partial charge on any atom is 0.496 e. The number of hydrogen-bond donors (Lipinski definition) is 0. The van der Waals surface area contributed by atoms with E-state index in [0.29, 0.717) is 6.73 Å². The molecule has 5 nitrogen and oxygen atoms in total. The van der Waals surface area contributed by atoms with Gasteiger partial charge in [-0.05, 0) is 45.9 Å². The van der Waals surface area contributed by atoms with Gasteiger partial charge in [0.05, 0.1) is 11.2 Å². The average Bonchev–Trinajstić information content (AvgIpc) is 3.00. The zero-order chi connectivity index (χ0) is 19.2. The average molecular weight is 374 g/mol. The van der Waals surface area contributed by atoms with Crippen molar-refractivity contribution in [1.82, 2.24) is 9.55 Å². The smallest absolute Gasteiger partial charge is 0.399 e. The molecule has 142 valence electrons. The summed E-state index contributed by atoms with van der Waals surface area (Å²) in [6.07, 6.45) is 3.88. The number of aromatic nitrogens is 2. The molecule has 0 amide bonds. The molecule has 0 aliphatic carbocycles. The van der Waals surface area contributed by atoms with E-state index in [0.717, 1.165) is 23.1 Å². The van der Waals surface area contributed by atoms with Crippen molar-refractivity contribution in [3.63, 3.8) is 0 Å². The number of rotatable bonds is 6. The number of nitrogens with zero attached hydrogens (tertiary/aromatic N) is 2. The molecule has 3 heterocycles. The first kappa shape index (κ1) is 19.6. The first-order valence-corrected chi connectivity index (χ1v) is 13.1. The van der Waals surface area contributed by atoms with Gasteiger partial charge < -0.3 is 18.6 Å². The van der Waals surface area contributed by atoms with Crippen molar-refractivity contribution in [3.8, 4) is 0 Å². The Kier molecular flexibility index (Phi) is 5.12. The van der Waals surface area contributed by atoms with E-state index in [9.17, 15) is 0 Å². The SMILES string of the molecule is CC1(C)OB(c2cnc3c(ccn3COCC[Si](C)(C)C)c2)OC1(C)C. The monoisotopic (exact) mass is 374 g/mol. The Labute approximate surface area is 158 Å². The molecule has 0 N–H and O–H groups in total. The minimum Gasteiger partial charge on any atom is -0.399 e. The molecule has 3 rings (SSSR count). The van der Waals surface area contributed by atoms with E-state index < -0.39 is 8.07 Å². The lowest BCUT2D eigenvalue weighted by atomic mass is 9.80. The molecule has 0 bridgehead atoms. The second-order valence-corrected chi connectivity index (χ2v) is 15.0.